The fourth-order valence-corrected chi connectivity index (χ4v) is 2.66. The molecule has 82 valence electrons. The third-order valence-corrected chi connectivity index (χ3v) is 3.99. The van der Waals surface area contributed by atoms with Crippen LogP contribution >= 0.6 is 0 Å². The Bertz CT molecular complexity index is 328. The molecule has 0 saturated heterocycles. The fraction of sp³-hybridized carbons (Fsp3) is 0.571. The van der Waals surface area contributed by atoms with Crippen molar-refractivity contribution in [3.63, 3.8) is 0 Å². The Labute approximate surface area is 92.1 Å². The molecule has 1 atom stereocenters. The summed E-state index contributed by atoms with van der Waals surface area (Å²) in [7, 11) is 0. The summed E-state index contributed by atoms with van der Waals surface area (Å²) in [6.45, 7) is 4.37. The van der Waals surface area contributed by atoms with Gasteiger partial charge in [-0.25, -0.2) is 0 Å². The molecule has 0 bridgehead atoms. The molecule has 1 heteroatoms. The van der Waals surface area contributed by atoms with Gasteiger partial charge in [0.05, 0.1) is 5.60 Å². The van der Waals surface area contributed by atoms with E-state index in [4.69, 9.17) is 0 Å². The van der Waals surface area contributed by atoms with Crippen molar-refractivity contribution in [3.05, 3.63) is 35.9 Å². The van der Waals surface area contributed by atoms with Crippen molar-refractivity contribution in [1.82, 2.24) is 0 Å². The average molecular weight is 204 g/mol. The molecule has 1 nitrogen and oxygen atoms in total. The standard InChI is InChI=1S/C14H20O/c1-13(2)9-6-10-14(13,15)11-12-7-4-3-5-8-12/h3-5,7-8,15H,6,9-11H2,1-2H3. The topological polar surface area (TPSA) is 20.2 Å². The van der Waals surface area contributed by atoms with Gasteiger partial charge in [0.25, 0.3) is 0 Å². The molecule has 0 aliphatic heterocycles. The lowest BCUT2D eigenvalue weighted by Gasteiger charge is -2.37. The van der Waals surface area contributed by atoms with Crippen molar-refractivity contribution in [1.29, 1.82) is 0 Å². The van der Waals surface area contributed by atoms with Gasteiger partial charge in [0.1, 0.15) is 0 Å². The number of aliphatic hydroxyl groups is 1. The molecule has 1 saturated carbocycles. The molecule has 1 aliphatic rings. The molecule has 0 amide bonds. The Morgan fingerprint density at radius 2 is 1.80 bits per heavy atom. The maximum atomic E-state index is 10.7. The van der Waals surface area contributed by atoms with Gasteiger partial charge in [-0.2, -0.15) is 0 Å². The van der Waals surface area contributed by atoms with Gasteiger partial charge >= 0.3 is 0 Å². The number of hydrogen-bond acceptors (Lipinski definition) is 1. The van der Waals surface area contributed by atoms with Crippen molar-refractivity contribution in [2.24, 2.45) is 5.41 Å². The Hall–Kier alpha value is -0.820. The Balaban J connectivity index is 2.18. The van der Waals surface area contributed by atoms with E-state index in [2.05, 4.69) is 26.0 Å². The van der Waals surface area contributed by atoms with Gasteiger partial charge in [0, 0.05) is 6.42 Å². The van der Waals surface area contributed by atoms with Crippen LogP contribution < -0.4 is 0 Å². The zero-order valence-electron chi connectivity index (χ0n) is 9.66. The van der Waals surface area contributed by atoms with E-state index in [1.165, 1.54) is 5.56 Å². The molecule has 1 aromatic rings. The normalized spacial score (nSPS) is 29.3. The summed E-state index contributed by atoms with van der Waals surface area (Å²) in [6, 6.07) is 10.3. The maximum absolute atomic E-state index is 10.7. The van der Waals surface area contributed by atoms with Gasteiger partial charge in [-0.1, -0.05) is 44.2 Å². The molecule has 1 unspecified atom stereocenters. The molecule has 1 N–H and O–H groups in total. The highest BCUT2D eigenvalue weighted by molar-refractivity contribution is 5.19. The van der Waals surface area contributed by atoms with Crippen LogP contribution in [-0.2, 0) is 6.42 Å². The molecule has 0 heterocycles. The zero-order valence-corrected chi connectivity index (χ0v) is 9.66. The number of benzene rings is 1. The lowest BCUT2D eigenvalue weighted by atomic mass is 9.74. The van der Waals surface area contributed by atoms with E-state index in [9.17, 15) is 5.11 Å². The average Bonchev–Trinajstić information content (AvgIpc) is 2.43. The molecule has 0 spiro atoms. The highest BCUT2D eigenvalue weighted by atomic mass is 16.3. The molecule has 0 radical (unpaired) electrons. The van der Waals surface area contributed by atoms with Crippen molar-refractivity contribution in [2.45, 2.75) is 45.1 Å². The lowest BCUT2D eigenvalue weighted by Crippen LogP contribution is -2.41. The van der Waals surface area contributed by atoms with E-state index in [1.807, 2.05) is 18.2 Å². The molecule has 15 heavy (non-hydrogen) atoms. The summed E-state index contributed by atoms with van der Waals surface area (Å²) in [5.74, 6) is 0. The van der Waals surface area contributed by atoms with Crippen LogP contribution in [0.3, 0.4) is 0 Å². The van der Waals surface area contributed by atoms with E-state index in [1.54, 1.807) is 0 Å². The highest BCUT2D eigenvalue weighted by Gasteiger charge is 2.46. The first-order valence-electron chi connectivity index (χ1n) is 5.80. The molecule has 2 rings (SSSR count). The summed E-state index contributed by atoms with van der Waals surface area (Å²) < 4.78 is 0. The zero-order chi connectivity index (χ0) is 10.9. The van der Waals surface area contributed by atoms with Crippen molar-refractivity contribution >= 4 is 0 Å². The van der Waals surface area contributed by atoms with Crippen LogP contribution in [0, 0.1) is 5.41 Å². The second-order valence-electron chi connectivity index (χ2n) is 5.43. The molecule has 1 aliphatic carbocycles. The molecular formula is C14H20O. The minimum absolute atomic E-state index is 0.0584. The number of hydrogen-bond donors (Lipinski definition) is 1. The molecule has 1 aromatic carbocycles. The van der Waals surface area contributed by atoms with Crippen LogP contribution in [0.1, 0.15) is 38.7 Å². The highest BCUT2D eigenvalue weighted by Crippen LogP contribution is 2.47. The van der Waals surface area contributed by atoms with Crippen molar-refractivity contribution in [2.75, 3.05) is 0 Å². The van der Waals surface area contributed by atoms with E-state index in [0.717, 1.165) is 25.7 Å². The second-order valence-corrected chi connectivity index (χ2v) is 5.43. The van der Waals surface area contributed by atoms with Crippen molar-refractivity contribution < 1.29 is 5.11 Å². The maximum Gasteiger partial charge on any atom is 0.0738 e. The van der Waals surface area contributed by atoms with Gasteiger partial charge in [-0.05, 0) is 30.2 Å². The summed E-state index contributed by atoms with van der Waals surface area (Å²) in [4.78, 5) is 0. The monoisotopic (exact) mass is 204 g/mol. The minimum Gasteiger partial charge on any atom is -0.389 e. The van der Waals surface area contributed by atoms with Gasteiger partial charge in [-0.3, -0.25) is 0 Å². The number of rotatable bonds is 2. The van der Waals surface area contributed by atoms with Gasteiger partial charge in [0.2, 0.25) is 0 Å². The predicted octanol–water partition coefficient (Wildman–Crippen LogP) is 3.17. The Kier molecular flexibility index (Phi) is 2.59. The summed E-state index contributed by atoms with van der Waals surface area (Å²) in [6.07, 6.45) is 4.02. The predicted molar refractivity (Wildman–Crippen MR) is 62.7 cm³/mol. The van der Waals surface area contributed by atoms with Gasteiger partial charge < -0.3 is 5.11 Å². The first-order chi connectivity index (χ1) is 7.04. The van der Waals surface area contributed by atoms with Crippen LogP contribution in [0.4, 0.5) is 0 Å². The lowest BCUT2D eigenvalue weighted by molar-refractivity contribution is -0.0419. The largest absolute Gasteiger partial charge is 0.389 e. The summed E-state index contributed by atoms with van der Waals surface area (Å²) in [5, 5.41) is 10.7. The van der Waals surface area contributed by atoms with E-state index in [0.29, 0.717) is 0 Å². The quantitative estimate of drug-likeness (QED) is 0.784. The summed E-state index contributed by atoms with van der Waals surface area (Å²) in [5.41, 5.74) is 0.798. The van der Waals surface area contributed by atoms with E-state index in [-0.39, 0.29) is 5.41 Å². The van der Waals surface area contributed by atoms with E-state index >= 15 is 0 Å². The smallest absolute Gasteiger partial charge is 0.0738 e. The molecular weight excluding hydrogens is 184 g/mol. The summed E-state index contributed by atoms with van der Waals surface area (Å²) >= 11 is 0. The van der Waals surface area contributed by atoms with Gasteiger partial charge in [-0.15, -0.1) is 0 Å². The van der Waals surface area contributed by atoms with Crippen LogP contribution in [0.25, 0.3) is 0 Å². The van der Waals surface area contributed by atoms with Gasteiger partial charge in [0.15, 0.2) is 0 Å². The Morgan fingerprint density at radius 1 is 1.13 bits per heavy atom. The molecule has 1 fully saturated rings. The van der Waals surface area contributed by atoms with Crippen LogP contribution in [0.2, 0.25) is 0 Å². The SMILES string of the molecule is CC1(C)CCCC1(O)Cc1ccccc1. The van der Waals surface area contributed by atoms with Crippen LogP contribution in [-0.4, -0.2) is 10.7 Å². The first kappa shape index (κ1) is 10.7. The second kappa shape index (κ2) is 3.64. The third kappa shape index (κ3) is 1.93. The molecule has 0 aromatic heterocycles. The Morgan fingerprint density at radius 3 is 2.33 bits per heavy atom. The van der Waals surface area contributed by atoms with Crippen molar-refractivity contribution in [3.8, 4) is 0 Å². The van der Waals surface area contributed by atoms with Crippen LogP contribution in [0.5, 0.6) is 0 Å². The fourth-order valence-electron chi connectivity index (χ4n) is 2.66. The van der Waals surface area contributed by atoms with E-state index < -0.39 is 5.60 Å². The first-order valence-corrected chi connectivity index (χ1v) is 5.80. The van der Waals surface area contributed by atoms with Crippen LogP contribution in [0.15, 0.2) is 30.3 Å². The third-order valence-electron chi connectivity index (χ3n) is 3.99. The minimum atomic E-state index is -0.506.